The molecule has 0 radical (unpaired) electrons. The second kappa shape index (κ2) is 11.6. The quantitative estimate of drug-likeness (QED) is 0.0732. The highest BCUT2D eigenvalue weighted by molar-refractivity contribution is 8.01. The van der Waals surface area contributed by atoms with Crippen LogP contribution in [-0.4, -0.2) is 102 Å². The predicted molar refractivity (Wildman–Crippen MR) is 135 cm³/mol. The summed E-state index contributed by atoms with van der Waals surface area (Å²) in [7, 11) is -3.32. The lowest BCUT2D eigenvalue weighted by Crippen LogP contribution is -2.81. The van der Waals surface area contributed by atoms with Crippen LogP contribution in [0.1, 0.15) is 18.1 Å². The van der Waals surface area contributed by atoms with Gasteiger partial charge in [-0.1, -0.05) is 42.1 Å². The standard InChI is InChI=1S/C20H23N7O9S3/c1-36-20(22-15(29)14(28)10-5-3-2-4-6-10)17(32)27-13(16(30)31)11(9-37-18(20)27)12(7-8-21-39(33,34)35)38-19-23-25-26-24-19/h2-6,12,14,18,21,28H,7-9H2,1H3,(H,22,29)(H,30,31)(H,33,34,35)(H,23,24,25,26)/t12?,14?,18-,20-/m0/s1. The second-order valence-electron chi connectivity index (χ2n) is 8.22. The van der Waals surface area contributed by atoms with Crippen molar-refractivity contribution in [1.29, 1.82) is 0 Å². The van der Waals surface area contributed by atoms with Gasteiger partial charge in [-0.05, 0) is 22.8 Å². The number of rotatable bonds is 12. The van der Waals surface area contributed by atoms with E-state index in [4.69, 9.17) is 9.29 Å². The molecule has 0 saturated carbocycles. The molecular weight excluding hydrogens is 578 g/mol. The maximum atomic E-state index is 13.4. The number of methoxy groups -OCH3 is 1. The van der Waals surface area contributed by atoms with Crippen LogP contribution in [-0.2, 0) is 29.4 Å². The number of nitrogens with one attached hydrogen (secondary N) is 3. The first kappa shape index (κ1) is 28.9. The lowest BCUT2D eigenvalue weighted by atomic mass is 9.96. The van der Waals surface area contributed by atoms with E-state index in [-0.39, 0.29) is 40.7 Å². The number of H-pyrrole nitrogens is 1. The molecule has 4 rings (SSSR count). The Morgan fingerprint density at radius 3 is 2.67 bits per heavy atom. The van der Waals surface area contributed by atoms with E-state index >= 15 is 0 Å². The minimum Gasteiger partial charge on any atom is -0.477 e. The summed E-state index contributed by atoms with van der Waals surface area (Å²) in [5.74, 6) is -3.18. The number of thioether (sulfide) groups is 2. The van der Waals surface area contributed by atoms with Crippen molar-refractivity contribution in [1.82, 2.24) is 35.6 Å². The van der Waals surface area contributed by atoms with Crippen LogP contribution in [0.3, 0.4) is 0 Å². The van der Waals surface area contributed by atoms with Crippen LogP contribution >= 0.6 is 23.5 Å². The molecule has 6 N–H and O–H groups in total. The number of benzene rings is 1. The Balaban J connectivity index is 1.62. The Kier molecular flexibility index (Phi) is 8.59. The van der Waals surface area contributed by atoms with Gasteiger partial charge in [-0.2, -0.15) is 18.4 Å². The number of aliphatic carboxylic acids is 1. The van der Waals surface area contributed by atoms with Crippen molar-refractivity contribution in [3.05, 3.63) is 47.2 Å². The van der Waals surface area contributed by atoms with Crippen LogP contribution in [0.5, 0.6) is 0 Å². The summed E-state index contributed by atoms with van der Waals surface area (Å²) in [6.45, 7) is -0.262. The summed E-state index contributed by atoms with van der Waals surface area (Å²) in [5, 5.41) is 34.8. The molecule has 0 bridgehead atoms. The van der Waals surface area contributed by atoms with Crippen molar-refractivity contribution in [3.8, 4) is 0 Å². The molecule has 2 aromatic rings. The summed E-state index contributed by atoms with van der Waals surface area (Å²) in [6, 6.07) is 8.03. The largest absolute Gasteiger partial charge is 0.477 e. The molecule has 2 aliphatic rings. The fourth-order valence-corrected chi connectivity index (χ4v) is 7.15. The van der Waals surface area contributed by atoms with Crippen LogP contribution < -0.4 is 10.0 Å². The van der Waals surface area contributed by atoms with Gasteiger partial charge in [-0.3, -0.25) is 19.0 Å². The number of carbonyl (C=O) groups is 3. The third-order valence-corrected chi connectivity index (χ3v) is 9.00. The van der Waals surface area contributed by atoms with E-state index in [1.807, 2.05) is 4.72 Å². The van der Waals surface area contributed by atoms with Crippen LogP contribution in [0.2, 0.25) is 0 Å². The van der Waals surface area contributed by atoms with Crippen molar-refractivity contribution < 1.29 is 42.3 Å². The number of aromatic nitrogens is 4. The van der Waals surface area contributed by atoms with Crippen molar-refractivity contribution in [2.24, 2.45) is 0 Å². The molecule has 16 nitrogen and oxygen atoms in total. The number of carboxylic acids is 1. The highest BCUT2D eigenvalue weighted by atomic mass is 32.2. The van der Waals surface area contributed by atoms with E-state index in [1.54, 1.807) is 18.2 Å². The van der Waals surface area contributed by atoms with Crippen molar-refractivity contribution in [2.75, 3.05) is 19.4 Å². The molecule has 1 aromatic heterocycles. The van der Waals surface area contributed by atoms with Gasteiger partial charge in [0, 0.05) is 24.7 Å². The number of amides is 2. The highest BCUT2D eigenvalue weighted by Crippen LogP contribution is 2.49. The normalized spacial score (nSPS) is 22.6. The van der Waals surface area contributed by atoms with Gasteiger partial charge in [0.1, 0.15) is 11.1 Å². The average Bonchev–Trinajstić information content (AvgIpc) is 3.42. The zero-order valence-electron chi connectivity index (χ0n) is 20.0. The van der Waals surface area contributed by atoms with Gasteiger partial charge in [0.25, 0.3) is 17.5 Å². The van der Waals surface area contributed by atoms with Gasteiger partial charge < -0.3 is 20.3 Å². The number of tetrazole rings is 1. The molecule has 2 unspecified atom stereocenters. The Hall–Kier alpha value is -3.07. The maximum absolute atomic E-state index is 13.4. The molecular formula is C20H23N7O9S3. The number of hydrogen-bond donors (Lipinski definition) is 6. The van der Waals surface area contributed by atoms with Crippen molar-refractivity contribution in [3.63, 3.8) is 0 Å². The van der Waals surface area contributed by atoms with E-state index in [1.165, 1.54) is 19.2 Å². The van der Waals surface area contributed by atoms with Gasteiger partial charge in [-0.15, -0.1) is 22.0 Å². The molecule has 2 aliphatic heterocycles. The molecule has 1 fully saturated rings. The molecule has 210 valence electrons. The topological polar surface area (TPSA) is 237 Å². The number of carboxylic acid groups (broad SMARTS) is 1. The van der Waals surface area contributed by atoms with E-state index in [0.717, 1.165) is 28.4 Å². The number of carbonyl (C=O) groups excluding carboxylic acids is 2. The molecule has 1 aromatic carbocycles. The van der Waals surface area contributed by atoms with Gasteiger partial charge in [0.15, 0.2) is 6.10 Å². The molecule has 3 heterocycles. The summed E-state index contributed by atoms with van der Waals surface area (Å²) in [5.41, 5.74) is -1.77. The van der Waals surface area contributed by atoms with E-state index in [2.05, 4.69) is 25.9 Å². The third kappa shape index (κ3) is 5.93. The first-order chi connectivity index (χ1) is 18.5. The first-order valence-electron chi connectivity index (χ1n) is 11.1. The summed E-state index contributed by atoms with van der Waals surface area (Å²) in [6.07, 6.45) is -1.61. The molecule has 1 saturated heterocycles. The average molecular weight is 602 g/mol. The van der Waals surface area contributed by atoms with Gasteiger partial charge in [0.2, 0.25) is 5.16 Å². The van der Waals surface area contributed by atoms with Crippen LogP contribution in [0.15, 0.2) is 46.8 Å². The summed E-state index contributed by atoms with van der Waals surface area (Å²) < 4.78 is 38.6. The molecule has 0 spiro atoms. The Morgan fingerprint density at radius 1 is 1.36 bits per heavy atom. The fraction of sp³-hybridized carbons (Fsp3) is 0.400. The highest BCUT2D eigenvalue weighted by Gasteiger charge is 2.67. The van der Waals surface area contributed by atoms with E-state index in [9.17, 15) is 33.0 Å². The number of nitrogens with zero attached hydrogens (tertiary/aromatic N) is 4. The molecule has 4 atom stereocenters. The Bertz CT molecular complexity index is 1370. The predicted octanol–water partition coefficient (Wildman–Crippen LogP) is -1.11. The van der Waals surface area contributed by atoms with Gasteiger partial charge in [-0.25, -0.2) is 4.79 Å². The van der Waals surface area contributed by atoms with Gasteiger partial charge >= 0.3 is 16.3 Å². The minimum absolute atomic E-state index is 0.00616. The monoisotopic (exact) mass is 601 g/mol. The Labute approximate surface area is 229 Å². The Morgan fingerprint density at radius 2 is 2.08 bits per heavy atom. The summed E-state index contributed by atoms with van der Waals surface area (Å²) >= 11 is 2.08. The number of fused-ring (bicyclic) bond motifs is 1. The zero-order chi connectivity index (χ0) is 28.4. The molecule has 0 aliphatic carbocycles. The van der Waals surface area contributed by atoms with Crippen molar-refractivity contribution in [2.45, 2.75) is 34.0 Å². The molecule has 19 heteroatoms. The van der Waals surface area contributed by atoms with Gasteiger partial charge in [0.05, 0.1) is 0 Å². The van der Waals surface area contributed by atoms with Crippen LogP contribution in [0, 0.1) is 0 Å². The van der Waals surface area contributed by atoms with Crippen molar-refractivity contribution >= 4 is 51.6 Å². The number of β-lactam (4-membered cyclic amide) rings is 1. The smallest absolute Gasteiger partial charge is 0.352 e. The number of aromatic amines is 1. The lowest BCUT2D eigenvalue weighted by Gasteiger charge is -2.56. The lowest BCUT2D eigenvalue weighted by molar-refractivity contribution is -0.194. The molecule has 2 amide bonds. The minimum atomic E-state index is -4.51. The number of hydrogen-bond acceptors (Lipinski definition) is 12. The third-order valence-electron chi connectivity index (χ3n) is 5.91. The van der Waals surface area contributed by atoms with E-state index in [0.29, 0.717) is 0 Å². The number of aliphatic hydroxyl groups excluding tert-OH is 1. The number of aliphatic hydroxyl groups is 1. The maximum Gasteiger partial charge on any atom is 0.352 e. The second-order valence-corrected chi connectivity index (χ2v) is 11.7. The van der Waals surface area contributed by atoms with E-state index < -0.39 is 50.5 Å². The van der Waals surface area contributed by atoms with Crippen LogP contribution in [0.4, 0.5) is 0 Å². The SMILES string of the molecule is CO[C@@]1(NC(=O)C(O)c2ccccc2)C(=O)N2C(C(=O)O)=C(C(CCNS(=O)(=O)O)Sc3nn[nH]n3)CS[C@H]21. The summed E-state index contributed by atoms with van der Waals surface area (Å²) in [4.78, 5) is 39.6. The first-order valence-corrected chi connectivity index (χ1v) is 14.5. The molecule has 39 heavy (non-hydrogen) atoms. The number of ether oxygens (including phenoxy) is 1. The van der Waals surface area contributed by atoms with Crippen LogP contribution in [0.25, 0.3) is 0 Å². The zero-order valence-corrected chi connectivity index (χ0v) is 22.5. The fourth-order valence-electron chi connectivity index (χ4n) is 4.14.